The highest BCUT2D eigenvalue weighted by Crippen LogP contribution is 2.28. The highest BCUT2D eigenvalue weighted by Gasteiger charge is 2.20. The maximum atomic E-state index is 12.0. The van der Waals surface area contributed by atoms with Crippen molar-refractivity contribution in [3.63, 3.8) is 0 Å². The molecule has 4 aromatic rings. The first-order valence-electron chi connectivity index (χ1n) is 5.84. The summed E-state index contributed by atoms with van der Waals surface area (Å²) in [5.41, 5.74) is 2.61. The summed E-state index contributed by atoms with van der Waals surface area (Å²) in [4.78, 5) is 12.0. The van der Waals surface area contributed by atoms with E-state index in [0.29, 0.717) is 5.58 Å². The molecule has 2 heterocycles. The molecule has 0 spiro atoms. The lowest BCUT2D eigenvalue weighted by atomic mass is 10.0. The number of hydrogen-bond acceptors (Lipinski definition) is 2. The molecule has 0 aliphatic rings. The van der Waals surface area contributed by atoms with Gasteiger partial charge in [-0.3, -0.25) is 0 Å². The second kappa shape index (κ2) is 3.07. The van der Waals surface area contributed by atoms with Crippen LogP contribution < -0.4 is 10.2 Å². The van der Waals surface area contributed by atoms with E-state index in [9.17, 15) is 4.79 Å². The quantitative estimate of drug-likeness (QED) is 0.347. The molecule has 4 rings (SSSR count). The Hall–Kier alpha value is -2.42. The molecule has 0 saturated heterocycles. The number of nitrogens with zero attached hydrogens (tertiary/aromatic N) is 1. The van der Waals surface area contributed by atoms with Gasteiger partial charge in [0.1, 0.15) is 0 Å². The Morgan fingerprint density at radius 2 is 1.83 bits per heavy atom. The molecule has 0 aliphatic heterocycles. The summed E-state index contributed by atoms with van der Waals surface area (Å²) in [5, 5.41) is 3.16. The maximum Gasteiger partial charge on any atom is 0.608 e. The van der Waals surface area contributed by atoms with Crippen LogP contribution in [0.1, 0.15) is 5.56 Å². The fraction of sp³-hybridized carbons (Fsp3) is 0.0667. The minimum absolute atomic E-state index is 0.338. The largest absolute Gasteiger partial charge is 0.608 e. The van der Waals surface area contributed by atoms with Crippen molar-refractivity contribution in [1.82, 2.24) is 0 Å². The van der Waals surface area contributed by atoms with Crippen molar-refractivity contribution in [2.75, 3.05) is 0 Å². The van der Waals surface area contributed by atoms with Crippen LogP contribution in [0.5, 0.6) is 0 Å². The minimum Gasteiger partial charge on any atom is -0.371 e. The van der Waals surface area contributed by atoms with Crippen LogP contribution in [-0.2, 0) is 0 Å². The number of rotatable bonds is 0. The molecule has 2 aromatic heterocycles. The summed E-state index contributed by atoms with van der Waals surface area (Å²) < 4.78 is 7.02. The topological polar surface area (TPSA) is 34.3 Å². The average Bonchev–Trinajstić information content (AvgIpc) is 2.40. The Morgan fingerprint density at radius 1 is 1.06 bits per heavy atom. The number of pyridine rings is 1. The van der Waals surface area contributed by atoms with Gasteiger partial charge in [0.2, 0.25) is 5.52 Å². The zero-order chi connectivity index (χ0) is 12.3. The van der Waals surface area contributed by atoms with Crippen LogP contribution in [0.4, 0.5) is 0 Å². The van der Waals surface area contributed by atoms with Crippen molar-refractivity contribution in [3.8, 4) is 0 Å². The highest BCUT2D eigenvalue weighted by molar-refractivity contribution is 6.11. The molecule has 3 nitrogen and oxygen atoms in total. The SMILES string of the molecule is Cc1ccc2ccc3ccc[n+]4c(=O)oc1c2c34. The third-order valence-electron chi connectivity index (χ3n) is 3.48. The zero-order valence-corrected chi connectivity index (χ0v) is 9.81. The Balaban J connectivity index is 2.54. The van der Waals surface area contributed by atoms with Crippen LogP contribution in [0.15, 0.2) is 51.8 Å². The van der Waals surface area contributed by atoms with Gasteiger partial charge < -0.3 is 4.42 Å². The Morgan fingerprint density at radius 3 is 2.72 bits per heavy atom. The lowest BCUT2D eigenvalue weighted by Crippen LogP contribution is -2.39. The second-order valence-corrected chi connectivity index (χ2v) is 4.56. The fourth-order valence-corrected chi connectivity index (χ4v) is 2.61. The lowest BCUT2D eigenvalue weighted by molar-refractivity contribution is -0.542. The summed E-state index contributed by atoms with van der Waals surface area (Å²) in [6, 6.07) is 12.0. The molecule has 18 heavy (non-hydrogen) atoms. The summed E-state index contributed by atoms with van der Waals surface area (Å²) >= 11 is 0. The van der Waals surface area contributed by atoms with Gasteiger partial charge in [0.15, 0.2) is 11.8 Å². The third kappa shape index (κ3) is 1.03. The van der Waals surface area contributed by atoms with E-state index in [1.54, 1.807) is 10.6 Å². The van der Waals surface area contributed by atoms with Gasteiger partial charge in [0.25, 0.3) is 0 Å². The van der Waals surface area contributed by atoms with E-state index >= 15 is 0 Å². The van der Waals surface area contributed by atoms with Crippen molar-refractivity contribution in [3.05, 3.63) is 58.7 Å². The smallest absolute Gasteiger partial charge is 0.371 e. The molecule has 3 heteroatoms. The molecule has 86 valence electrons. The first-order chi connectivity index (χ1) is 8.75. The monoisotopic (exact) mass is 236 g/mol. The van der Waals surface area contributed by atoms with Crippen LogP contribution in [0.3, 0.4) is 0 Å². The van der Waals surface area contributed by atoms with Crippen LogP contribution in [-0.4, -0.2) is 0 Å². The van der Waals surface area contributed by atoms with E-state index < -0.39 is 0 Å². The summed E-state index contributed by atoms with van der Waals surface area (Å²) in [7, 11) is 0. The zero-order valence-electron chi connectivity index (χ0n) is 9.81. The maximum absolute atomic E-state index is 12.0. The molecule has 0 atom stereocenters. The van der Waals surface area contributed by atoms with E-state index in [-0.39, 0.29) is 5.76 Å². The molecule has 0 aliphatic carbocycles. The molecule has 0 fully saturated rings. The molecule has 0 amide bonds. The second-order valence-electron chi connectivity index (χ2n) is 4.56. The number of hydrogen-bond donors (Lipinski definition) is 0. The lowest BCUT2D eigenvalue weighted by Gasteiger charge is -2.05. The van der Waals surface area contributed by atoms with Crippen LogP contribution >= 0.6 is 0 Å². The van der Waals surface area contributed by atoms with E-state index in [0.717, 1.165) is 27.2 Å². The van der Waals surface area contributed by atoms with Gasteiger partial charge in [-0.25, -0.2) is 0 Å². The summed E-state index contributed by atoms with van der Waals surface area (Å²) in [5.74, 6) is -0.338. The van der Waals surface area contributed by atoms with E-state index in [2.05, 4.69) is 12.1 Å². The van der Waals surface area contributed by atoms with Gasteiger partial charge in [0, 0.05) is 11.5 Å². The van der Waals surface area contributed by atoms with Crippen LogP contribution in [0.25, 0.3) is 27.3 Å². The Bertz CT molecular complexity index is 953. The molecule has 0 bridgehead atoms. The number of aromatic nitrogens is 1. The van der Waals surface area contributed by atoms with Crippen molar-refractivity contribution in [1.29, 1.82) is 0 Å². The van der Waals surface area contributed by atoms with E-state index in [1.165, 1.54) is 0 Å². The predicted octanol–water partition coefficient (Wildman–Crippen LogP) is 2.43. The molecule has 0 unspecified atom stereocenters. The number of benzene rings is 2. The molecule has 2 aromatic carbocycles. The molecule has 0 radical (unpaired) electrons. The normalized spacial score (nSPS) is 11.8. The Labute approximate surface area is 102 Å². The Kier molecular flexibility index (Phi) is 1.64. The van der Waals surface area contributed by atoms with Crippen molar-refractivity contribution in [2.45, 2.75) is 6.92 Å². The number of aryl methyl sites for hydroxylation is 1. The summed E-state index contributed by atoms with van der Waals surface area (Å²) in [6.45, 7) is 1.96. The molecular weight excluding hydrogens is 226 g/mol. The van der Waals surface area contributed by atoms with Crippen LogP contribution in [0.2, 0.25) is 0 Å². The third-order valence-corrected chi connectivity index (χ3v) is 3.48. The van der Waals surface area contributed by atoms with Crippen molar-refractivity contribution < 1.29 is 8.82 Å². The standard InChI is InChI=1S/C15H10NO2/c1-9-4-5-10-6-7-11-3-2-8-16-13(11)12(10)14(9)18-15(16)17/h2-8H,1H3/q+1. The van der Waals surface area contributed by atoms with Crippen molar-refractivity contribution in [2.24, 2.45) is 0 Å². The van der Waals surface area contributed by atoms with Gasteiger partial charge in [-0.15, -0.1) is 0 Å². The van der Waals surface area contributed by atoms with Gasteiger partial charge in [0.05, 0.1) is 5.39 Å². The van der Waals surface area contributed by atoms with Gasteiger partial charge in [-0.2, -0.15) is 4.79 Å². The van der Waals surface area contributed by atoms with Gasteiger partial charge >= 0.3 is 5.76 Å². The first-order valence-corrected chi connectivity index (χ1v) is 5.84. The van der Waals surface area contributed by atoms with E-state index in [4.69, 9.17) is 4.42 Å². The fourth-order valence-electron chi connectivity index (χ4n) is 2.61. The molecular formula is C15H10NO2+. The summed E-state index contributed by atoms with van der Waals surface area (Å²) in [6.07, 6.45) is 1.75. The average molecular weight is 236 g/mol. The molecule has 0 saturated carbocycles. The van der Waals surface area contributed by atoms with Gasteiger partial charge in [-0.1, -0.05) is 22.6 Å². The molecule has 0 N–H and O–H groups in total. The predicted molar refractivity (Wildman–Crippen MR) is 69.1 cm³/mol. The first kappa shape index (κ1) is 9.59. The minimum atomic E-state index is -0.338. The van der Waals surface area contributed by atoms with Gasteiger partial charge in [-0.05, 0) is 30.0 Å². The van der Waals surface area contributed by atoms with E-state index in [1.807, 2.05) is 31.2 Å². The highest BCUT2D eigenvalue weighted by atomic mass is 16.4. The van der Waals surface area contributed by atoms with Crippen LogP contribution in [0, 0.1) is 6.92 Å². The van der Waals surface area contributed by atoms with Crippen molar-refractivity contribution >= 4 is 27.3 Å².